The second kappa shape index (κ2) is 21.2. The Labute approximate surface area is 165 Å². The lowest BCUT2D eigenvalue weighted by Crippen LogP contribution is -2.25. The third kappa shape index (κ3) is 21.9. The molecule has 1 N–H and O–H groups in total. The molecule has 0 aliphatic heterocycles. The summed E-state index contributed by atoms with van der Waals surface area (Å²) in [7, 11) is 4.16. The molecular weight excluding hydrogens is 320 g/mol. The van der Waals surface area contributed by atoms with Gasteiger partial charge in [-0.15, -0.1) is 0 Å². The molecule has 0 aromatic carbocycles. The second-order valence-electron chi connectivity index (χ2n) is 8.41. The Hall–Kier alpha value is -0.120. The minimum Gasteiger partial charge on any atom is -0.314 e. The number of rotatable bonds is 21. The van der Waals surface area contributed by atoms with Crippen LogP contribution in [0.25, 0.3) is 0 Å². The van der Waals surface area contributed by atoms with Gasteiger partial charge in [0.2, 0.25) is 0 Å². The number of nitrogens with zero attached hydrogens (tertiary/aromatic N) is 2. The normalized spacial score (nSPS) is 11.8. The van der Waals surface area contributed by atoms with Crippen molar-refractivity contribution in [3.63, 3.8) is 0 Å². The van der Waals surface area contributed by atoms with Crippen LogP contribution in [0.15, 0.2) is 0 Å². The lowest BCUT2D eigenvalue weighted by Gasteiger charge is -2.16. The summed E-state index contributed by atoms with van der Waals surface area (Å²) in [5.74, 6) is 0. The highest BCUT2D eigenvalue weighted by Crippen LogP contribution is 2.13. The van der Waals surface area contributed by atoms with Gasteiger partial charge in [-0.2, -0.15) is 5.06 Å². The first kappa shape index (κ1) is 25.9. The molecule has 0 amide bonds. The van der Waals surface area contributed by atoms with Gasteiger partial charge >= 0.3 is 0 Å². The monoisotopic (exact) mass is 370 g/mol. The van der Waals surface area contributed by atoms with Gasteiger partial charge in [-0.25, -0.2) is 0 Å². The van der Waals surface area contributed by atoms with Gasteiger partial charge < -0.3 is 10.1 Å². The Kier molecular flexibility index (Phi) is 21.1. The van der Waals surface area contributed by atoms with Crippen LogP contribution in [0.3, 0.4) is 0 Å². The fourth-order valence-electron chi connectivity index (χ4n) is 3.52. The molecular formula is C23H50N2O. The Morgan fingerprint density at radius 3 is 1.19 bits per heavy atom. The molecule has 0 aromatic rings. The van der Waals surface area contributed by atoms with Crippen molar-refractivity contribution in [2.75, 3.05) is 33.7 Å². The Morgan fingerprint density at radius 1 is 0.462 bits per heavy atom. The van der Waals surface area contributed by atoms with Gasteiger partial charge in [0.05, 0.1) is 0 Å². The topological polar surface area (TPSA) is 26.7 Å². The van der Waals surface area contributed by atoms with Crippen molar-refractivity contribution in [2.45, 2.75) is 116 Å². The number of hydrogen-bond acceptors (Lipinski definition) is 3. The zero-order valence-electron chi connectivity index (χ0n) is 18.5. The van der Waals surface area contributed by atoms with E-state index in [-0.39, 0.29) is 0 Å². The summed E-state index contributed by atoms with van der Waals surface area (Å²) in [6, 6.07) is 0. The van der Waals surface area contributed by atoms with Crippen LogP contribution in [0.4, 0.5) is 0 Å². The van der Waals surface area contributed by atoms with E-state index in [0.717, 1.165) is 32.5 Å². The molecule has 26 heavy (non-hydrogen) atoms. The van der Waals surface area contributed by atoms with Crippen LogP contribution >= 0.6 is 0 Å². The van der Waals surface area contributed by atoms with E-state index in [2.05, 4.69) is 25.9 Å². The Balaban J connectivity index is 3.09. The maximum Gasteiger partial charge on any atom is 0.0250 e. The van der Waals surface area contributed by atoms with Gasteiger partial charge in [0.15, 0.2) is 0 Å². The Bertz CT molecular complexity index is 259. The van der Waals surface area contributed by atoms with Crippen molar-refractivity contribution in [1.29, 1.82) is 0 Å². The van der Waals surface area contributed by atoms with Crippen LogP contribution < -0.4 is 0 Å². The third-order valence-corrected chi connectivity index (χ3v) is 5.29. The molecule has 0 aliphatic rings. The largest absolute Gasteiger partial charge is 0.314 e. The van der Waals surface area contributed by atoms with Gasteiger partial charge in [-0.3, -0.25) is 0 Å². The highest BCUT2D eigenvalue weighted by molar-refractivity contribution is 4.52. The van der Waals surface area contributed by atoms with E-state index in [4.69, 9.17) is 0 Å². The molecule has 0 spiro atoms. The zero-order valence-corrected chi connectivity index (χ0v) is 18.5. The van der Waals surface area contributed by atoms with Gasteiger partial charge in [-0.1, -0.05) is 103 Å². The first-order valence-electron chi connectivity index (χ1n) is 11.8. The van der Waals surface area contributed by atoms with Crippen LogP contribution in [0.1, 0.15) is 116 Å². The van der Waals surface area contributed by atoms with Gasteiger partial charge in [-0.05, 0) is 33.5 Å². The fraction of sp³-hybridized carbons (Fsp3) is 1.00. The van der Waals surface area contributed by atoms with Crippen molar-refractivity contribution in [3.05, 3.63) is 0 Å². The van der Waals surface area contributed by atoms with E-state index in [0.29, 0.717) is 0 Å². The first-order chi connectivity index (χ1) is 12.7. The van der Waals surface area contributed by atoms with Crippen molar-refractivity contribution < 1.29 is 5.21 Å². The number of hydrogen-bond donors (Lipinski definition) is 1. The molecule has 3 heteroatoms. The number of hydroxylamine groups is 2. The van der Waals surface area contributed by atoms with Crippen molar-refractivity contribution >= 4 is 0 Å². The smallest absolute Gasteiger partial charge is 0.0250 e. The average Bonchev–Trinajstić information content (AvgIpc) is 2.61. The van der Waals surface area contributed by atoms with E-state index >= 15 is 0 Å². The fourth-order valence-corrected chi connectivity index (χ4v) is 3.52. The minimum atomic E-state index is 0.802. The molecule has 0 saturated heterocycles. The molecule has 0 bridgehead atoms. The molecule has 158 valence electrons. The molecule has 0 atom stereocenters. The van der Waals surface area contributed by atoms with E-state index in [1.807, 2.05) is 0 Å². The summed E-state index contributed by atoms with van der Waals surface area (Å²) >= 11 is 0. The average molecular weight is 371 g/mol. The molecule has 3 nitrogen and oxygen atoms in total. The maximum absolute atomic E-state index is 9.79. The van der Waals surface area contributed by atoms with Crippen LogP contribution in [-0.2, 0) is 0 Å². The summed E-state index contributed by atoms with van der Waals surface area (Å²) in [6.45, 7) is 4.98. The Morgan fingerprint density at radius 2 is 0.808 bits per heavy atom. The summed E-state index contributed by atoms with van der Waals surface area (Å²) < 4.78 is 0. The summed E-state index contributed by atoms with van der Waals surface area (Å²) in [6.07, 6.45) is 23.4. The molecule has 0 saturated carbocycles. The lowest BCUT2D eigenvalue weighted by atomic mass is 10.0. The predicted octanol–water partition coefficient (Wildman–Crippen LogP) is 6.89. The molecule has 0 heterocycles. The molecule has 0 unspecified atom stereocenters. The summed E-state index contributed by atoms with van der Waals surface area (Å²) in [4.78, 5) is 2.17. The molecule has 0 fully saturated rings. The standard InChI is InChI=1S/C23H50N2O/c1-4-5-6-7-8-9-10-11-12-13-14-15-16-17-18-19-22-25(26)23-20-21-24(2)3/h26H,4-23H2,1-3H3. The quantitative estimate of drug-likeness (QED) is 0.176. The van der Waals surface area contributed by atoms with Gasteiger partial charge in [0, 0.05) is 13.1 Å². The maximum atomic E-state index is 9.79. The molecule has 0 rings (SSSR count). The second-order valence-corrected chi connectivity index (χ2v) is 8.41. The third-order valence-electron chi connectivity index (χ3n) is 5.29. The van der Waals surface area contributed by atoms with Gasteiger partial charge in [0.25, 0.3) is 0 Å². The predicted molar refractivity (Wildman–Crippen MR) is 116 cm³/mol. The van der Waals surface area contributed by atoms with Crippen molar-refractivity contribution in [2.24, 2.45) is 0 Å². The van der Waals surface area contributed by atoms with E-state index < -0.39 is 0 Å². The molecule has 0 aromatic heterocycles. The molecule has 0 aliphatic carbocycles. The summed E-state index contributed by atoms with van der Waals surface area (Å²) in [5, 5.41) is 11.3. The van der Waals surface area contributed by atoms with Crippen LogP contribution in [0.5, 0.6) is 0 Å². The van der Waals surface area contributed by atoms with E-state index in [1.165, 1.54) is 101 Å². The van der Waals surface area contributed by atoms with E-state index in [9.17, 15) is 5.21 Å². The van der Waals surface area contributed by atoms with E-state index in [1.54, 1.807) is 0 Å². The lowest BCUT2D eigenvalue weighted by molar-refractivity contribution is -0.0928. The highest BCUT2D eigenvalue weighted by atomic mass is 16.5. The van der Waals surface area contributed by atoms with Crippen molar-refractivity contribution in [1.82, 2.24) is 9.96 Å². The van der Waals surface area contributed by atoms with Crippen LogP contribution in [-0.4, -0.2) is 48.9 Å². The van der Waals surface area contributed by atoms with Gasteiger partial charge in [0.1, 0.15) is 0 Å². The number of unbranched alkanes of at least 4 members (excludes halogenated alkanes) is 15. The molecule has 0 radical (unpaired) electrons. The van der Waals surface area contributed by atoms with Crippen LogP contribution in [0.2, 0.25) is 0 Å². The van der Waals surface area contributed by atoms with Crippen LogP contribution in [0, 0.1) is 0 Å². The summed E-state index contributed by atoms with van der Waals surface area (Å²) in [5.41, 5.74) is 0. The zero-order chi connectivity index (χ0) is 19.3. The highest BCUT2D eigenvalue weighted by Gasteiger charge is 2.01. The first-order valence-corrected chi connectivity index (χ1v) is 11.8. The SMILES string of the molecule is CCCCCCCCCCCCCCCCCCN(O)CCCN(C)C. The minimum absolute atomic E-state index is 0.802. The van der Waals surface area contributed by atoms with Crippen molar-refractivity contribution in [3.8, 4) is 0 Å².